The molecule has 1 aromatic heterocycles. The number of carbonyl (C=O) groups excluding carboxylic acids is 1. The van der Waals surface area contributed by atoms with E-state index in [1.165, 1.54) is 0 Å². The second kappa shape index (κ2) is 6.08. The van der Waals surface area contributed by atoms with Crippen molar-refractivity contribution >= 4 is 17.5 Å². The van der Waals surface area contributed by atoms with Gasteiger partial charge in [0.25, 0.3) is 5.91 Å². The van der Waals surface area contributed by atoms with Gasteiger partial charge in [0.2, 0.25) is 6.04 Å². The van der Waals surface area contributed by atoms with Gasteiger partial charge < -0.3 is 9.84 Å². The molecule has 104 valence electrons. The Hall–Kier alpha value is -2.83. The second-order valence-corrected chi connectivity index (χ2v) is 4.51. The van der Waals surface area contributed by atoms with Crippen molar-refractivity contribution in [1.82, 2.24) is 10.5 Å². The number of aromatic nitrogens is 1. The van der Waals surface area contributed by atoms with Gasteiger partial charge in [-0.3, -0.25) is 4.79 Å². The summed E-state index contributed by atoms with van der Waals surface area (Å²) in [6, 6.07) is 8.94. The molecule has 6 nitrogen and oxygen atoms in total. The minimum atomic E-state index is -1.24. The van der Waals surface area contributed by atoms with Crippen molar-refractivity contribution < 1.29 is 9.32 Å². The first-order chi connectivity index (χ1) is 10.1. The van der Waals surface area contributed by atoms with Crippen molar-refractivity contribution in [2.45, 2.75) is 13.0 Å². The number of nitriles is 2. The van der Waals surface area contributed by atoms with E-state index in [2.05, 4.69) is 10.5 Å². The zero-order valence-electron chi connectivity index (χ0n) is 10.9. The van der Waals surface area contributed by atoms with Crippen molar-refractivity contribution in [3.05, 3.63) is 40.6 Å². The summed E-state index contributed by atoms with van der Waals surface area (Å²) in [6.45, 7) is 1.57. The van der Waals surface area contributed by atoms with Gasteiger partial charge in [-0.05, 0) is 13.0 Å². The smallest absolute Gasteiger partial charge is 0.258 e. The number of aryl methyl sites for hydroxylation is 1. The molecule has 0 radical (unpaired) electrons. The Morgan fingerprint density at radius 1 is 1.38 bits per heavy atom. The standard InChI is InChI=1S/C14H9ClN4O2/c1-8-12(14(20)18-9(6-16)7-17)13(19-21-8)10-4-2-3-5-11(10)15/h2-5,9H,1H3,(H,18,20). The molecule has 0 bridgehead atoms. The molecule has 1 N–H and O–H groups in total. The first-order valence-electron chi connectivity index (χ1n) is 5.89. The largest absolute Gasteiger partial charge is 0.360 e. The lowest BCUT2D eigenvalue weighted by atomic mass is 10.1. The first kappa shape index (κ1) is 14.6. The lowest BCUT2D eigenvalue weighted by Gasteiger charge is -2.06. The summed E-state index contributed by atoms with van der Waals surface area (Å²) in [5.74, 6) is -0.339. The molecule has 2 rings (SSSR count). The van der Waals surface area contributed by atoms with Gasteiger partial charge in [-0.25, -0.2) is 0 Å². The third-order valence-corrected chi connectivity index (χ3v) is 3.08. The molecule has 0 spiro atoms. The normalized spacial score (nSPS) is 9.95. The summed E-state index contributed by atoms with van der Waals surface area (Å²) in [4.78, 5) is 12.2. The highest BCUT2D eigenvalue weighted by molar-refractivity contribution is 6.33. The molecule has 0 saturated carbocycles. The van der Waals surface area contributed by atoms with Crippen LogP contribution in [0, 0.1) is 29.6 Å². The van der Waals surface area contributed by atoms with Gasteiger partial charge in [0.05, 0.1) is 5.02 Å². The van der Waals surface area contributed by atoms with Gasteiger partial charge >= 0.3 is 0 Å². The van der Waals surface area contributed by atoms with E-state index in [-0.39, 0.29) is 17.0 Å². The van der Waals surface area contributed by atoms with Crippen molar-refractivity contribution in [2.24, 2.45) is 0 Å². The number of nitrogens with zero attached hydrogens (tertiary/aromatic N) is 3. The van der Waals surface area contributed by atoms with E-state index >= 15 is 0 Å². The Balaban J connectivity index is 2.45. The highest BCUT2D eigenvalue weighted by Gasteiger charge is 2.24. The number of amides is 1. The van der Waals surface area contributed by atoms with Crippen LogP contribution < -0.4 is 5.32 Å². The molecule has 7 heteroatoms. The summed E-state index contributed by atoms with van der Waals surface area (Å²) in [7, 11) is 0. The van der Waals surface area contributed by atoms with Crippen molar-refractivity contribution in [2.75, 3.05) is 0 Å². The molecule has 0 unspecified atom stereocenters. The highest BCUT2D eigenvalue weighted by Crippen LogP contribution is 2.30. The van der Waals surface area contributed by atoms with Gasteiger partial charge in [-0.1, -0.05) is 35.0 Å². The maximum atomic E-state index is 12.2. The fraction of sp³-hybridized carbons (Fsp3) is 0.143. The molecule has 0 aliphatic rings. The number of hydrogen-bond acceptors (Lipinski definition) is 5. The van der Waals surface area contributed by atoms with Crippen LogP contribution in [0.3, 0.4) is 0 Å². The van der Waals surface area contributed by atoms with Crippen LogP contribution in [0.2, 0.25) is 5.02 Å². The van der Waals surface area contributed by atoms with Gasteiger partial charge in [-0.15, -0.1) is 0 Å². The molecule has 0 fully saturated rings. The summed E-state index contributed by atoms with van der Waals surface area (Å²) < 4.78 is 5.04. The predicted octanol–water partition coefficient (Wildman–Crippen LogP) is 2.45. The predicted molar refractivity (Wildman–Crippen MR) is 74.2 cm³/mol. The van der Waals surface area contributed by atoms with Crippen LogP contribution in [-0.4, -0.2) is 17.1 Å². The van der Waals surface area contributed by atoms with Crippen LogP contribution in [0.4, 0.5) is 0 Å². The highest BCUT2D eigenvalue weighted by atomic mass is 35.5. The van der Waals surface area contributed by atoms with E-state index < -0.39 is 11.9 Å². The minimum Gasteiger partial charge on any atom is -0.360 e. The van der Waals surface area contributed by atoms with Crippen LogP contribution in [0.5, 0.6) is 0 Å². The topological polar surface area (TPSA) is 103 Å². The molecule has 21 heavy (non-hydrogen) atoms. The maximum absolute atomic E-state index is 12.2. The first-order valence-corrected chi connectivity index (χ1v) is 6.27. The lowest BCUT2D eigenvalue weighted by molar-refractivity contribution is 0.0950. The molecule has 0 saturated heterocycles. The van der Waals surface area contributed by atoms with Crippen molar-refractivity contribution in [1.29, 1.82) is 10.5 Å². The summed E-state index contributed by atoms with van der Waals surface area (Å²) >= 11 is 6.09. The number of benzene rings is 1. The van der Waals surface area contributed by atoms with E-state index in [0.717, 1.165) is 0 Å². The molecule has 0 aliphatic carbocycles. The average Bonchev–Trinajstić information content (AvgIpc) is 2.86. The van der Waals surface area contributed by atoms with Crippen LogP contribution in [-0.2, 0) is 0 Å². The van der Waals surface area contributed by atoms with Crippen LogP contribution in [0.25, 0.3) is 11.3 Å². The Bertz CT molecular complexity index is 756. The zero-order valence-corrected chi connectivity index (χ0v) is 11.7. The SMILES string of the molecule is Cc1onc(-c2ccccc2Cl)c1C(=O)NC(C#N)C#N. The molecule has 2 aromatic rings. The fourth-order valence-electron chi connectivity index (χ4n) is 1.77. The molecule has 1 amide bonds. The molecule has 0 aliphatic heterocycles. The summed E-state index contributed by atoms with van der Waals surface area (Å²) in [5.41, 5.74) is 0.954. The monoisotopic (exact) mass is 300 g/mol. The van der Waals surface area contributed by atoms with E-state index in [0.29, 0.717) is 10.6 Å². The van der Waals surface area contributed by atoms with Crippen LogP contribution in [0.1, 0.15) is 16.1 Å². The zero-order chi connectivity index (χ0) is 15.4. The van der Waals surface area contributed by atoms with E-state index in [9.17, 15) is 4.79 Å². The number of carbonyl (C=O) groups is 1. The van der Waals surface area contributed by atoms with Gasteiger partial charge in [0.1, 0.15) is 29.2 Å². The Labute approximate surface area is 125 Å². The van der Waals surface area contributed by atoms with Crippen molar-refractivity contribution in [3.63, 3.8) is 0 Å². The Kier molecular flexibility index (Phi) is 4.22. The second-order valence-electron chi connectivity index (χ2n) is 4.11. The fourth-order valence-corrected chi connectivity index (χ4v) is 2.00. The van der Waals surface area contributed by atoms with Gasteiger partial charge in [0.15, 0.2) is 0 Å². The molecular weight excluding hydrogens is 292 g/mol. The van der Waals surface area contributed by atoms with Crippen molar-refractivity contribution in [3.8, 4) is 23.4 Å². The number of halogens is 1. The number of nitrogens with one attached hydrogen (secondary N) is 1. The van der Waals surface area contributed by atoms with Crippen LogP contribution in [0.15, 0.2) is 28.8 Å². The summed E-state index contributed by atoms with van der Waals surface area (Å²) in [5, 5.41) is 24.0. The number of rotatable bonds is 3. The lowest BCUT2D eigenvalue weighted by Crippen LogP contribution is -2.33. The van der Waals surface area contributed by atoms with Gasteiger partial charge in [0, 0.05) is 5.56 Å². The maximum Gasteiger partial charge on any atom is 0.258 e. The molecule has 0 atom stereocenters. The third kappa shape index (κ3) is 2.86. The van der Waals surface area contributed by atoms with E-state index in [1.54, 1.807) is 43.3 Å². The summed E-state index contributed by atoms with van der Waals surface area (Å²) in [6.07, 6.45) is 0. The third-order valence-electron chi connectivity index (χ3n) is 2.75. The average molecular weight is 301 g/mol. The quantitative estimate of drug-likeness (QED) is 0.937. The van der Waals surface area contributed by atoms with E-state index in [1.807, 2.05) is 0 Å². The Morgan fingerprint density at radius 3 is 2.67 bits per heavy atom. The molecular formula is C14H9ClN4O2. The van der Waals surface area contributed by atoms with Crippen LogP contribution >= 0.6 is 11.6 Å². The van der Waals surface area contributed by atoms with E-state index in [4.69, 9.17) is 26.6 Å². The minimum absolute atomic E-state index is 0.151. The van der Waals surface area contributed by atoms with Gasteiger partial charge in [-0.2, -0.15) is 10.5 Å². The molecule has 1 heterocycles. The number of hydrogen-bond donors (Lipinski definition) is 1. The Morgan fingerprint density at radius 2 is 2.05 bits per heavy atom. The molecule has 1 aromatic carbocycles.